The van der Waals surface area contributed by atoms with Gasteiger partial charge in [0.15, 0.2) is 0 Å². The van der Waals surface area contributed by atoms with Crippen LogP contribution in [-0.4, -0.2) is 21.5 Å². The van der Waals surface area contributed by atoms with E-state index in [0.717, 1.165) is 17.3 Å². The molecule has 0 aliphatic carbocycles. The lowest BCUT2D eigenvalue weighted by molar-refractivity contribution is -0.385. The molecule has 0 spiro atoms. The predicted octanol–water partition coefficient (Wildman–Crippen LogP) is 4.29. The number of amides is 1. The van der Waals surface area contributed by atoms with Crippen LogP contribution in [0.5, 0.6) is 17.4 Å². The molecule has 8 nitrogen and oxygen atoms in total. The molecule has 26 heavy (non-hydrogen) atoms. The van der Waals surface area contributed by atoms with Crippen LogP contribution >= 0.6 is 0 Å². The number of ether oxygens (including phenoxy) is 2. The van der Waals surface area contributed by atoms with E-state index in [2.05, 4.69) is 10.3 Å². The minimum absolute atomic E-state index is 0.112. The second-order valence-electron chi connectivity index (χ2n) is 6.79. The Kier molecular flexibility index (Phi) is 5.44. The quantitative estimate of drug-likeness (QED) is 0.645. The van der Waals surface area contributed by atoms with E-state index < -0.39 is 16.6 Å². The lowest BCUT2D eigenvalue weighted by Crippen LogP contribution is -2.42. The molecule has 1 amide bonds. The van der Waals surface area contributed by atoms with Crippen molar-refractivity contribution < 1.29 is 19.2 Å². The minimum Gasteiger partial charge on any atom is -0.439 e. The Morgan fingerprint density at radius 2 is 1.73 bits per heavy atom. The van der Waals surface area contributed by atoms with E-state index in [4.69, 9.17) is 9.47 Å². The van der Waals surface area contributed by atoms with Crippen molar-refractivity contribution >= 4 is 11.8 Å². The molecular weight excluding hydrogens is 338 g/mol. The average Bonchev–Trinajstić information content (AvgIpc) is 2.53. The number of aromatic nitrogens is 1. The van der Waals surface area contributed by atoms with Crippen LogP contribution in [0.4, 0.5) is 10.5 Å². The van der Waals surface area contributed by atoms with Crippen molar-refractivity contribution in [3.63, 3.8) is 0 Å². The number of hydrogen-bond donors (Lipinski definition) is 1. The molecule has 2 aromatic rings. The summed E-state index contributed by atoms with van der Waals surface area (Å²) in [6.07, 6.45) is 0.594. The Morgan fingerprint density at radius 3 is 2.27 bits per heavy atom. The summed E-state index contributed by atoms with van der Waals surface area (Å²) in [5.41, 5.74) is 1.00. The van der Waals surface area contributed by atoms with Gasteiger partial charge in [-0.2, -0.15) is 0 Å². The van der Waals surface area contributed by atoms with Gasteiger partial charge >= 0.3 is 6.09 Å². The van der Waals surface area contributed by atoms with Gasteiger partial charge in [-0.1, -0.05) is 0 Å². The lowest BCUT2D eigenvalue weighted by Gasteiger charge is -2.20. The van der Waals surface area contributed by atoms with E-state index in [-0.39, 0.29) is 11.6 Å². The van der Waals surface area contributed by atoms with Crippen LogP contribution in [0.2, 0.25) is 0 Å². The second-order valence-corrected chi connectivity index (χ2v) is 6.79. The molecule has 0 bridgehead atoms. The zero-order valence-electron chi connectivity index (χ0n) is 15.3. The van der Waals surface area contributed by atoms with Gasteiger partial charge in [-0.3, -0.25) is 10.1 Å². The van der Waals surface area contributed by atoms with Gasteiger partial charge in [0.2, 0.25) is 5.88 Å². The number of rotatable bonds is 4. The molecule has 1 N–H and O–H groups in total. The maximum Gasteiger partial charge on any atom is 0.413 e. The normalized spacial score (nSPS) is 11.0. The Bertz CT molecular complexity index is 826. The number of nitrogens with zero attached hydrogens (tertiary/aromatic N) is 2. The van der Waals surface area contributed by atoms with E-state index in [1.54, 1.807) is 12.1 Å². The average molecular weight is 359 g/mol. The summed E-state index contributed by atoms with van der Waals surface area (Å²) in [5, 5.41) is 13.4. The van der Waals surface area contributed by atoms with Crippen molar-refractivity contribution in [2.45, 2.75) is 40.2 Å². The lowest BCUT2D eigenvalue weighted by atomic mass is 10.1. The number of carbonyl (C=O) groups excluding carboxylic acids is 1. The highest BCUT2D eigenvalue weighted by atomic mass is 16.6. The molecular formula is C18H21N3O5. The van der Waals surface area contributed by atoms with Gasteiger partial charge in [0.05, 0.1) is 4.92 Å². The van der Waals surface area contributed by atoms with Crippen molar-refractivity contribution in [3.05, 3.63) is 51.7 Å². The fourth-order valence-corrected chi connectivity index (χ4v) is 2.08. The highest BCUT2D eigenvalue weighted by Gasteiger charge is 2.17. The third-order valence-corrected chi connectivity index (χ3v) is 3.51. The first-order valence-corrected chi connectivity index (χ1v) is 7.95. The van der Waals surface area contributed by atoms with Gasteiger partial charge in [0, 0.05) is 17.7 Å². The number of pyridine rings is 1. The molecule has 0 aliphatic heterocycles. The molecule has 0 saturated carbocycles. The van der Waals surface area contributed by atoms with Gasteiger partial charge in [0.1, 0.15) is 17.7 Å². The second kappa shape index (κ2) is 7.38. The topological polar surface area (TPSA) is 104 Å². The molecule has 1 heterocycles. The molecule has 0 unspecified atom stereocenters. The first-order valence-electron chi connectivity index (χ1n) is 7.95. The smallest absolute Gasteiger partial charge is 0.413 e. The Balaban J connectivity index is 2.16. The van der Waals surface area contributed by atoms with Crippen LogP contribution < -0.4 is 14.8 Å². The standard InChI is InChI=1S/C18H21N3O5/c1-11-12(2)15(26-17(22)20-18(3,4)5)8-7-14(11)25-16-9-6-13(10-19-16)21(23)24/h6-10H,1-5H3,(H,20,22). The fraction of sp³-hybridized carbons (Fsp3) is 0.333. The molecule has 0 fully saturated rings. The molecule has 138 valence electrons. The van der Waals surface area contributed by atoms with Gasteiger partial charge in [-0.05, 0) is 57.9 Å². The number of benzene rings is 1. The number of hydrogen-bond acceptors (Lipinski definition) is 6. The molecule has 1 aromatic carbocycles. The number of nitro groups is 1. The third kappa shape index (κ3) is 4.92. The first kappa shape index (κ1) is 19.2. The van der Waals surface area contributed by atoms with Crippen LogP contribution in [0, 0.1) is 24.0 Å². The molecule has 0 radical (unpaired) electrons. The van der Waals surface area contributed by atoms with Crippen molar-refractivity contribution in [1.82, 2.24) is 10.3 Å². The molecule has 8 heteroatoms. The number of carbonyl (C=O) groups is 1. The summed E-state index contributed by atoms with van der Waals surface area (Å²) in [5.74, 6) is 1.18. The zero-order chi connectivity index (χ0) is 19.5. The maximum absolute atomic E-state index is 11.9. The van der Waals surface area contributed by atoms with E-state index >= 15 is 0 Å². The van der Waals surface area contributed by atoms with Gasteiger partial charge in [-0.15, -0.1) is 0 Å². The van der Waals surface area contributed by atoms with E-state index in [0.29, 0.717) is 11.5 Å². The van der Waals surface area contributed by atoms with Crippen LogP contribution in [0.3, 0.4) is 0 Å². The summed E-state index contributed by atoms with van der Waals surface area (Å²) in [6.45, 7) is 9.22. The molecule has 1 aromatic heterocycles. The largest absolute Gasteiger partial charge is 0.439 e. The SMILES string of the molecule is Cc1c(OC(=O)NC(C)(C)C)ccc(Oc2ccc([N+](=O)[O-])cn2)c1C. The van der Waals surface area contributed by atoms with Crippen molar-refractivity contribution in [2.75, 3.05) is 0 Å². The summed E-state index contributed by atoms with van der Waals surface area (Å²) in [6, 6.07) is 6.03. The molecule has 0 saturated heterocycles. The van der Waals surface area contributed by atoms with E-state index in [1.165, 1.54) is 12.1 Å². The first-order chi connectivity index (χ1) is 12.1. The minimum atomic E-state index is -0.536. The molecule has 0 atom stereocenters. The summed E-state index contributed by atoms with van der Waals surface area (Å²) < 4.78 is 11.0. The van der Waals surface area contributed by atoms with Gasteiger partial charge in [-0.25, -0.2) is 9.78 Å². The van der Waals surface area contributed by atoms with E-state index in [1.807, 2.05) is 34.6 Å². The third-order valence-electron chi connectivity index (χ3n) is 3.51. The maximum atomic E-state index is 11.9. The van der Waals surface area contributed by atoms with Crippen molar-refractivity contribution in [2.24, 2.45) is 0 Å². The number of nitrogens with one attached hydrogen (secondary N) is 1. The van der Waals surface area contributed by atoms with Gasteiger partial charge < -0.3 is 14.8 Å². The van der Waals surface area contributed by atoms with Crippen LogP contribution in [0.25, 0.3) is 0 Å². The summed E-state index contributed by atoms with van der Waals surface area (Å²) in [7, 11) is 0. The highest BCUT2D eigenvalue weighted by Crippen LogP contribution is 2.32. The Hall–Kier alpha value is -3.16. The summed E-state index contributed by atoms with van der Waals surface area (Å²) >= 11 is 0. The zero-order valence-corrected chi connectivity index (χ0v) is 15.3. The van der Waals surface area contributed by atoms with Crippen molar-refractivity contribution in [3.8, 4) is 17.4 Å². The van der Waals surface area contributed by atoms with E-state index in [9.17, 15) is 14.9 Å². The molecule has 0 aliphatic rings. The van der Waals surface area contributed by atoms with Crippen LogP contribution in [0.15, 0.2) is 30.5 Å². The van der Waals surface area contributed by atoms with Crippen LogP contribution in [0.1, 0.15) is 31.9 Å². The predicted molar refractivity (Wildman–Crippen MR) is 95.8 cm³/mol. The van der Waals surface area contributed by atoms with Crippen LogP contribution in [-0.2, 0) is 0 Å². The molecule has 2 rings (SSSR count). The Morgan fingerprint density at radius 1 is 1.12 bits per heavy atom. The van der Waals surface area contributed by atoms with Gasteiger partial charge in [0.25, 0.3) is 5.69 Å². The Labute approximate surface area is 151 Å². The monoisotopic (exact) mass is 359 g/mol. The fourth-order valence-electron chi connectivity index (χ4n) is 2.08. The van der Waals surface area contributed by atoms with Crippen molar-refractivity contribution in [1.29, 1.82) is 0 Å². The summed E-state index contributed by atoms with van der Waals surface area (Å²) in [4.78, 5) is 26.0. The highest BCUT2D eigenvalue weighted by molar-refractivity contribution is 5.72.